The maximum absolute atomic E-state index is 11.5. The number of nitrogens with zero attached hydrogens (tertiary/aromatic N) is 6. The van der Waals surface area contributed by atoms with Gasteiger partial charge >= 0.3 is 5.95 Å². The molecule has 1 aromatic heterocycles. The van der Waals surface area contributed by atoms with Crippen LogP contribution in [0.1, 0.15) is 0 Å². The van der Waals surface area contributed by atoms with Gasteiger partial charge in [-0.25, -0.2) is 0 Å². The molecular weight excluding hydrogens is 178 g/mol. The molecule has 0 aliphatic heterocycles. The zero-order chi connectivity index (χ0) is 9.14. The van der Waals surface area contributed by atoms with Crippen LogP contribution in [0.15, 0.2) is 0 Å². The second kappa shape index (κ2) is 3.13. The van der Waals surface area contributed by atoms with Gasteiger partial charge in [0.1, 0.15) is 0 Å². The van der Waals surface area contributed by atoms with E-state index in [-0.39, 0.29) is 0 Å². The fourth-order valence-corrected chi connectivity index (χ4v) is 0.463. The monoisotopic (exact) mass is 180 g/mol. The molecule has 0 saturated carbocycles. The number of halogens is 2. The molecule has 0 fully saturated rings. The standard InChI is InChI=1S/C2H2F2N6O2/c3-8(4)1-9-6-2(5-7-9)10(11)12/h1H2. The molecule has 0 amide bonds. The Morgan fingerprint density at radius 2 is 2.33 bits per heavy atom. The summed E-state index contributed by atoms with van der Waals surface area (Å²) in [4.78, 5) is 9.40. The fourth-order valence-electron chi connectivity index (χ4n) is 0.463. The number of hydrogen-bond donors (Lipinski definition) is 0. The minimum Gasteiger partial charge on any atom is -0.390 e. The first-order valence-electron chi connectivity index (χ1n) is 2.61. The van der Waals surface area contributed by atoms with Crippen molar-refractivity contribution in [2.24, 2.45) is 0 Å². The number of aromatic nitrogens is 4. The van der Waals surface area contributed by atoms with Crippen LogP contribution in [-0.2, 0) is 6.67 Å². The number of tetrazole rings is 1. The topological polar surface area (TPSA) is 90.0 Å². The van der Waals surface area contributed by atoms with Gasteiger partial charge in [0.25, 0.3) is 0 Å². The van der Waals surface area contributed by atoms with Crippen molar-refractivity contribution in [3.8, 4) is 0 Å². The minimum absolute atomic E-state index is 0.401. The lowest BCUT2D eigenvalue weighted by Crippen LogP contribution is -2.12. The van der Waals surface area contributed by atoms with Gasteiger partial charge in [-0.2, -0.15) is 0 Å². The molecule has 1 aromatic rings. The molecule has 0 aromatic carbocycles. The van der Waals surface area contributed by atoms with E-state index in [1.807, 2.05) is 0 Å². The van der Waals surface area contributed by atoms with Crippen molar-refractivity contribution < 1.29 is 13.9 Å². The predicted molar refractivity (Wildman–Crippen MR) is 28.5 cm³/mol. The third kappa shape index (κ3) is 1.88. The van der Waals surface area contributed by atoms with Crippen LogP contribution in [0.25, 0.3) is 0 Å². The van der Waals surface area contributed by atoms with Gasteiger partial charge in [0.05, 0.1) is 10.2 Å². The molecule has 0 aliphatic carbocycles. The van der Waals surface area contributed by atoms with Crippen molar-refractivity contribution >= 4 is 5.95 Å². The summed E-state index contributed by atoms with van der Waals surface area (Å²) in [5, 5.41) is 17.6. The summed E-state index contributed by atoms with van der Waals surface area (Å²) >= 11 is 0. The summed E-state index contributed by atoms with van der Waals surface area (Å²) in [5.41, 5.74) is 0. The Kier molecular flexibility index (Phi) is 2.19. The number of hydrogen-bond acceptors (Lipinski definition) is 6. The molecule has 0 atom stereocenters. The third-order valence-corrected chi connectivity index (χ3v) is 0.839. The lowest BCUT2D eigenvalue weighted by atomic mass is 11.1. The van der Waals surface area contributed by atoms with Gasteiger partial charge in [0.15, 0.2) is 6.67 Å². The van der Waals surface area contributed by atoms with E-state index in [1.165, 1.54) is 0 Å². The normalized spacial score (nSPS) is 10.6. The molecule has 0 N–H and O–H groups in total. The van der Waals surface area contributed by atoms with E-state index < -0.39 is 22.9 Å². The number of rotatable bonds is 3. The average molecular weight is 180 g/mol. The van der Waals surface area contributed by atoms with Crippen molar-refractivity contribution in [3.05, 3.63) is 10.1 Å². The summed E-state index contributed by atoms with van der Waals surface area (Å²) in [5.74, 6) is -0.808. The zero-order valence-corrected chi connectivity index (χ0v) is 5.46. The highest BCUT2D eigenvalue weighted by Gasteiger charge is 2.16. The lowest BCUT2D eigenvalue weighted by Gasteiger charge is -1.92. The first-order chi connectivity index (χ1) is 5.59. The van der Waals surface area contributed by atoms with Crippen molar-refractivity contribution in [1.82, 2.24) is 25.6 Å². The molecule has 0 aliphatic rings. The summed E-state index contributed by atoms with van der Waals surface area (Å²) in [6.07, 6.45) is 0. The summed E-state index contributed by atoms with van der Waals surface area (Å²) < 4.78 is 22.9. The molecule has 66 valence electrons. The average Bonchev–Trinajstić information content (AvgIpc) is 2.34. The molecule has 0 spiro atoms. The predicted octanol–water partition coefficient (Wildman–Crippen LogP) is -0.390. The Labute approximate surface area is 63.4 Å². The largest absolute Gasteiger partial charge is 0.514 e. The molecule has 0 saturated heterocycles. The Morgan fingerprint density at radius 1 is 1.67 bits per heavy atom. The van der Waals surface area contributed by atoms with Crippen molar-refractivity contribution in [1.29, 1.82) is 0 Å². The van der Waals surface area contributed by atoms with Crippen LogP contribution in [0.5, 0.6) is 0 Å². The fraction of sp³-hybridized carbons (Fsp3) is 0.500. The van der Waals surface area contributed by atoms with Crippen LogP contribution >= 0.6 is 0 Å². The van der Waals surface area contributed by atoms with Crippen LogP contribution in [0, 0.1) is 10.1 Å². The Hall–Kier alpha value is -1.71. The summed E-state index contributed by atoms with van der Waals surface area (Å²) in [6.45, 7) is -0.958. The molecule has 1 rings (SSSR count). The molecule has 8 nitrogen and oxygen atoms in total. The Morgan fingerprint density at radius 3 is 2.75 bits per heavy atom. The molecule has 0 unspecified atom stereocenters. The van der Waals surface area contributed by atoms with Gasteiger partial charge in [0.2, 0.25) is 0 Å². The maximum atomic E-state index is 11.5. The van der Waals surface area contributed by atoms with Crippen molar-refractivity contribution in [2.75, 3.05) is 0 Å². The van der Waals surface area contributed by atoms with Crippen molar-refractivity contribution in [3.63, 3.8) is 0 Å². The van der Waals surface area contributed by atoms with E-state index in [0.717, 1.165) is 0 Å². The maximum Gasteiger partial charge on any atom is 0.514 e. The SMILES string of the molecule is O=[N+]([O-])c1nnn(CN(F)F)n1. The summed E-state index contributed by atoms with van der Waals surface area (Å²) in [6, 6.07) is 0. The first-order valence-corrected chi connectivity index (χ1v) is 2.61. The van der Waals surface area contributed by atoms with Gasteiger partial charge in [-0.1, -0.05) is 13.8 Å². The van der Waals surface area contributed by atoms with Gasteiger partial charge in [-0.3, -0.25) is 0 Å². The molecule has 10 heteroatoms. The van der Waals surface area contributed by atoms with Gasteiger partial charge in [-0.15, -0.1) is 0 Å². The summed E-state index contributed by atoms with van der Waals surface area (Å²) in [7, 11) is 0. The van der Waals surface area contributed by atoms with Crippen molar-refractivity contribution in [2.45, 2.75) is 6.67 Å². The van der Waals surface area contributed by atoms with E-state index in [2.05, 4.69) is 15.4 Å². The third-order valence-electron chi connectivity index (χ3n) is 0.839. The van der Waals surface area contributed by atoms with E-state index in [9.17, 15) is 19.1 Å². The highest BCUT2D eigenvalue weighted by atomic mass is 19.4. The zero-order valence-electron chi connectivity index (χ0n) is 5.46. The van der Waals surface area contributed by atoms with Gasteiger partial charge in [0, 0.05) is 10.6 Å². The van der Waals surface area contributed by atoms with E-state index in [0.29, 0.717) is 4.80 Å². The van der Waals surface area contributed by atoms with E-state index in [4.69, 9.17) is 0 Å². The van der Waals surface area contributed by atoms with Crippen LogP contribution < -0.4 is 0 Å². The number of nitro groups is 1. The smallest absolute Gasteiger partial charge is 0.390 e. The highest BCUT2D eigenvalue weighted by Crippen LogP contribution is 1.98. The lowest BCUT2D eigenvalue weighted by molar-refractivity contribution is -0.394. The minimum atomic E-state index is -1.23. The molecule has 12 heavy (non-hydrogen) atoms. The molecule has 0 radical (unpaired) electrons. The quantitative estimate of drug-likeness (QED) is 0.357. The Bertz CT molecular complexity index is 285. The van der Waals surface area contributed by atoms with E-state index >= 15 is 0 Å². The van der Waals surface area contributed by atoms with E-state index in [1.54, 1.807) is 0 Å². The second-order valence-corrected chi connectivity index (χ2v) is 1.66. The van der Waals surface area contributed by atoms with Crippen LogP contribution in [-0.4, -0.2) is 30.5 Å². The van der Waals surface area contributed by atoms with Crippen LogP contribution in [0.4, 0.5) is 14.9 Å². The van der Waals surface area contributed by atoms with Gasteiger partial charge in [-0.05, 0) is 4.92 Å². The first kappa shape index (κ1) is 8.39. The molecule has 0 bridgehead atoms. The highest BCUT2D eigenvalue weighted by molar-refractivity contribution is 4.92. The second-order valence-electron chi connectivity index (χ2n) is 1.66. The van der Waals surface area contributed by atoms with Gasteiger partial charge < -0.3 is 10.1 Å². The molecule has 1 heterocycles. The van der Waals surface area contributed by atoms with Crippen LogP contribution in [0.3, 0.4) is 0 Å². The van der Waals surface area contributed by atoms with Crippen LogP contribution in [0.2, 0.25) is 0 Å². The Balaban J connectivity index is 2.71. The molecular formula is C2H2F2N6O2.